The van der Waals surface area contributed by atoms with E-state index in [-0.39, 0.29) is 28.6 Å². The number of halogens is 1. The lowest BCUT2D eigenvalue weighted by Gasteiger charge is -2.11. The topological polar surface area (TPSA) is 143 Å². The highest BCUT2D eigenvalue weighted by atomic mass is 35.5. The van der Waals surface area contributed by atoms with Gasteiger partial charge in [0.15, 0.2) is 0 Å². The molecule has 0 radical (unpaired) electrons. The van der Waals surface area contributed by atoms with Gasteiger partial charge in [0.2, 0.25) is 11.8 Å². The number of nitrogens with one attached hydrogen (secondary N) is 3. The van der Waals surface area contributed by atoms with Crippen LogP contribution in [0.1, 0.15) is 30.6 Å². The van der Waals surface area contributed by atoms with Crippen molar-refractivity contribution >= 4 is 52.1 Å². The second-order valence-corrected chi connectivity index (χ2v) is 6.57. The van der Waals surface area contributed by atoms with Gasteiger partial charge in [-0.25, -0.2) is 5.43 Å². The summed E-state index contributed by atoms with van der Waals surface area (Å²) < 4.78 is 0. The molecule has 0 aliphatic rings. The van der Waals surface area contributed by atoms with Crippen molar-refractivity contribution in [2.75, 3.05) is 10.6 Å². The summed E-state index contributed by atoms with van der Waals surface area (Å²) in [5.74, 6) is -1.31. The molecule has 0 aliphatic heterocycles. The normalized spacial score (nSPS) is 10.8. The number of amides is 3. The third kappa shape index (κ3) is 6.38. The van der Waals surface area contributed by atoms with Crippen molar-refractivity contribution in [2.24, 2.45) is 5.10 Å². The Morgan fingerprint density at radius 1 is 1.07 bits per heavy atom. The van der Waals surface area contributed by atoms with Gasteiger partial charge < -0.3 is 10.6 Å². The van der Waals surface area contributed by atoms with E-state index in [4.69, 9.17) is 11.6 Å². The molecule has 0 saturated carbocycles. The van der Waals surface area contributed by atoms with E-state index in [9.17, 15) is 24.5 Å². The zero-order chi connectivity index (χ0) is 22.3. The van der Waals surface area contributed by atoms with Crippen molar-refractivity contribution in [3.8, 4) is 0 Å². The predicted molar refractivity (Wildman–Crippen MR) is 113 cm³/mol. The summed E-state index contributed by atoms with van der Waals surface area (Å²) in [5.41, 5.74) is 3.22. The van der Waals surface area contributed by atoms with Crippen LogP contribution in [0.4, 0.5) is 17.1 Å². The maximum atomic E-state index is 12.2. The van der Waals surface area contributed by atoms with E-state index in [0.717, 1.165) is 12.1 Å². The first-order valence-corrected chi connectivity index (χ1v) is 8.99. The van der Waals surface area contributed by atoms with E-state index in [1.165, 1.54) is 13.0 Å². The Hall–Kier alpha value is -3.79. The number of carbonyl (C=O) groups excluding carboxylic acids is 3. The summed E-state index contributed by atoms with van der Waals surface area (Å²) in [5, 5.41) is 19.7. The van der Waals surface area contributed by atoms with Gasteiger partial charge in [0, 0.05) is 24.3 Å². The number of carbonyl (C=O) groups is 3. The Kier molecular flexibility index (Phi) is 7.59. The van der Waals surface area contributed by atoms with Crippen molar-refractivity contribution in [3.05, 3.63) is 63.2 Å². The third-order valence-corrected chi connectivity index (χ3v) is 3.99. The molecule has 0 spiro atoms. The molecule has 3 N–H and O–H groups in total. The molecule has 0 bridgehead atoms. The highest BCUT2D eigenvalue weighted by molar-refractivity contribution is 6.33. The fraction of sp³-hybridized carbons (Fsp3) is 0.158. The first-order chi connectivity index (χ1) is 14.2. The van der Waals surface area contributed by atoms with Gasteiger partial charge in [0.25, 0.3) is 11.6 Å². The lowest BCUT2D eigenvalue weighted by Crippen LogP contribution is -2.22. The highest BCUT2D eigenvalue weighted by Crippen LogP contribution is 2.25. The van der Waals surface area contributed by atoms with Crippen LogP contribution < -0.4 is 16.1 Å². The molecule has 0 fully saturated rings. The molecule has 0 saturated heterocycles. The number of nitrogens with zero attached hydrogens (tertiary/aromatic N) is 2. The first-order valence-electron chi connectivity index (χ1n) is 8.61. The van der Waals surface area contributed by atoms with Crippen molar-refractivity contribution in [1.29, 1.82) is 0 Å². The van der Waals surface area contributed by atoms with Crippen LogP contribution in [0.2, 0.25) is 5.02 Å². The summed E-state index contributed by atoms with van der Waals surface area (Å²) in [6.45, 7) is 2.90. The van der Waals surface area contributed by atoms with E-state index in [0.29, 0.717) is 17.1 Å². The summed E-state index contributed by atoms with van der Waals surface area (Å²) in [6.07, 6.45) is -0.115. The molecule has 2 aromatic carbocycles. The van der Waals surface area contributed by atoms with E-state index in [2.05, 4.69) is 21.2 Å². The minimum absolute atomic E-state index is 0.0795. The van der Waals surface area contributed by atoms with Crippen LogP contribution in [0.25, 0.3) is 0 Å². The molecule has 10 nitrogen and oxygen atoms in total. The van der Waals surface area contributed by atoms with Crippen molar-refractivity contribution in [1.82, 2.24) is 5.43 Å². The summed E-state index contributed by atoms with van der Waals surface area (Å²) in [6, 6.07) is 10.2. The van der Waals surface area contributed by atoms with Crippen LogP contribution in [0.3, 0.4) is 0 Å². The molecule has 0 aromatic heterocycles. The van der Waals surface area contributed by atoms with Crippen molar-refractivity contribution in [3.63, 3.8) is 0 Å². The Bertz CT molecular complexity index is 1040. The van der Waals surface area contributed by atoms with Gasteiger partial charge in [-0.05, 0) is 31.2 Å². The number of nitro benzene ring substituents is 1. The smallest absolute Gasteiger partial charge is 0.287 e. The Morgan fingerprint density at radius 2 is 1.70 bits per heavy atom. The number of nitro groups is 1. The average molecular weight is 432 g/mol. The lowest BCUT2D eigenvalue weighted by molar-refractivity contribution is -0.384. The molecule has 2 aromatic rings. The zero-order valence-corrected chi connectivity index (χ0v) is 16.8. The molecule has 2 rings (SSSR count). The monoisotopic (exact) mass is 431 g/mol. The summed E-state index contributed by atoms with van der Waals surface area (Å²) in [7, 11) is 0. The second-order valence-electron chi connectivity index (χ2n) is 6.16. The quantitative estimate of drug-likeness (QED) is 0.350. The van der Waals surface area contributed by atoms with Gasteiger partial charge in [-0.1, -0.05) is 23.7 Å². The number of anilines is 2. The van der Waals surface area contributed by atoms with Gasteiger partial charge in [-0.2, -0.15) is 5.10 Å². The first kappa shape index (κ1) is 22.5. The highest BCUT2D eigenvalue weighted by Gasteiger charge is 2.15. The van der Waals surface area contributed by atoms with Gasteiger partial charge in [-0.3, -0.25) is 24.5 Å². The van der Waals surface area contributed by atoms with Crippen LogP contribution in [-0.4, -0.2) is 28.4 Å². The molecule has 0 aliphatic carbocycles. The van der Waals surface area contributed by atoms with Crippen LogP contribution in [0, 0.1) is 10.1 Å². The molecular weight excluding hydrogens is 414 g/mol. The van der Waals surface area contributed by atoms with Crippen molar-refractivity contribution < 1.29 is 19.3 Å². The number of hydrazone groups is 1. The number of rotatable bonds is 7. The summed E-state index contributed by atoms with van der Waals surface area (Å²) >= 11 is 5.78. The summed E-state index contributed by atoms with van der Waals surface area (Å²) in [4.78, 5) is 45.7. The van der Waals surface area contributed by atoms with Crippen LogP contribution in [-0.2, 0) is 9.59 Å². The standard InChI is InChI=1S/C19H18ClN5O5/c1-11(9-18(27)22-16-6-4-3-5-15(16)21-12(2)26)23-24-19(28)13-7-8-17(25(29)30)14(20)10-13/h3-8,10H,9H2,1-2H3,(H,21,26)(H,22,27)(H,24,28)/b23-11-. The molecule has 0 unspecified atom stereocenters. The molecule has 156 valence electrons. The van der Waals surface area contributed by atoms with Gasteiger partial charge >= 0.3 is 0 Å². The van der Waals surface area contributed by atoms with Crippen LogP contribution >= 0.6 is 11.6 Å². The number of hydrogen-bond donors (Lipinski definition) is 3. The predicted octanol–water partition coefficient (Wildman–Crippen LogP) is 3.34. The van der Waals surface area contributed by atoms with E-state index in [1.807, 2.05) is 0 Å². The molecule has 3 amide bonds. The Labute approximate surface area is 176 Å². The van der Waals surface area contributed by atoms with Crippen LogP contribution in [0.5, 0.6) is 0 Å². The zero-order valence-electron chi connectivity index (χ0n) is 16.1. The fourth-order valence-corrected chi connectivity index (χ4v) is 2.61. The van der Waals surface area contributed by atoms with E-state index >= 15 is 0 Å². The number of benzene rings is 2. The van der Waals surface area contributed by atoms with E-state index < -0.39 is 16.7 Å². The minimum Gasteiger partial charge on any atom is -0.325 e. The van der Waals surface area contributed by atoms with Gasteiger partial charge in [-0.15, -0.1) is 0 Å². The molecule has 0 atom stereocenters. The lowest BCUT2D eigenvalue weighted by atomic mass is 10.2. The minimum atomic E-state index is -0.658. The largest absolute Gasteiger partial charge is 0.325 e. The molecular formula is C19H18ClN5O5. The van der Waals surface area contributed by atoms with Crippen LogP contribution in [0.15, 0.2) is 47.6 Å². The molecule has 30 heavy (non-hydrogen) atoms. The maximum Gasteiger partial charge on any atom is 0.287 e. The van der Waals surface area contributed by atoms with Crippen molar-refractivity contribution in [2.45, 2.75) is 20.3 Å². The Balaban J connectivity index is 1.98. The molecule has 0 heterocycles. The fourth-order valence-electron chi connectivity index (χ4n) is 2.36. The Morgan fingerprint density at radius 3 is 2.27 bits per heavy atom. The van der Waals surface area contributed by atoms with Gasteiger partial charge in [0.1, 0.15) is 5.02 Å². The average Bonchev–Trinajstić information content (AvgIpc) is 2.66. The van der Waals surface area contributed by atoms with E-state index in [1.54, 1.807) is 31.2 Å². The molecule has 11 heteroatoms. The number of para-hydroxylation sites is 2. The second kappa shape index (κ2) is 10.1. The third-order valence-electron chi connectivity index (χ3n) is 3.68. The van der Waals surface area contributed by atoms with Gasteiger partial charge in [0.05, 0.1) is 22.7 Å². The number of hydrogen-bond acceptors (Lipinski definition) is 6. The maximum absolute atomic E-state index is 12.2. The SMILES string of the molecule is CC(=O)Nc1ccccc1NC(=O)C/C(C)=N\NC(=O)c1ccc([N+](=O)[O-])c(Cl)c1.